The number of unbranched alkanes of at least 4 members (excludes halogenated alkanes) is 6. The van der Waals surface area contributed by atoms with E-state index in [1.54, 1.807) is 24.5 Å². The second-order valence-electron chi connectivity index (χ2n) is 24.2. The van der Waals surface area contributed by atoms with Crippen LogP contribution in [0.3, 0.4) is 0 Å². The molecule has 1 aliphatic heterocycles. The second-order valence-corrected chi connectivity index (χ2v) is 26.3. The molecular formula is C65H97BrIN11O20. The minimum atomic E-state index is -1.55. The van der Waals surface area contributed by atoms with Gasteiger partial charge in [0.05, 0.1) is 26.2 Å². The lowest BCUT2D eigenvalue weighted by molar-refractivity contribution is -0.143. The Kier molecular flexibility index (Phi) is 41.6. The molecule has 13 N–H and O–H groups in total. The van der Waals surface area contributed by atoms with Crippen molar-refractivity contribution in [1.82, 2.24) is 56.4 Å². The van der Waals surface area contributed by atoms with E-state index < -0.39 is 96.6 Å². The first-order valence-electron chi connectivity index (χ1n) is 33.1. The number of urea groups is 1. The highest BCUT2D eigenvalue weighted by molar-refractivity contribution is 14.1. The average molecular weight is 1560 g/mol. The van der Waals surface area contributed by atoms with Crippen LogP contribution in [0.15, 0.2) is 53.0 Å². The molecule has 1 aliphatic rings. The SMILES string of the molecule is O=C(O)CC[C@H](NC(=O)N[C@@H](CCCCN(Cc1ccc(Br)cc1)C(=O)CCCCCCC(=O)NCCCC[C@H](NC(=O)[C@H](CCCCNC(=O)CCCc1ccc(I)cc1)NC(=O)CN1CCN(CC(=O)O)CCN(CC(=O)O)CCN(CC(=O)O)CC1)C(=O)O)C(=O)O)C(=O)O. The Morgan fingerprint density at radius 2 is 0.837 bits per heavy atom. The van der Waals surface area contributed by atoms with E-state index in [-0.39, 0.29) is 167 Å². The number of hydrogen-bond acceptors (Lipinski definition) is 17. The Balaban J connectivity index is 1.54. The zero-order valence-corrected chi connectivity index (χ0v) is 59.1. The molecule has 0 bridgehead atoms. The van der Waals surface area contributed by atoms with Gasteiger partial charge in [-0.25, -0.2) is 19.2 Å². The van der Waals surface area contributed by atoms with Crippen LogP contribution in [0.4, 0.5) is 4.79 Å². The van der Waals surface area contributed by atoms with Crippen LogP contribution in [0.1, 0.15) is 133 Å². The summed E-state index contributed by atoms with van der Waals surface area (Å²) in [6.45, 7) is 0.836. The van der Waals surface area contributed by atoms with Gasteiger partial charge < -0.3 is 72.5 Å². The normalized spacial score (nSPS) is 14.7. The zero-order chi connectivity index (χ0) is 72.4. The molecule has 0 unspecified atom stereocenters. The molecule has 7 amide bonds. The van der Waals surface area contributed by atoms with Crippen molar-refractivity contribution in [1.29, 1.82) is 0 Å². The van der Waals surface area contributed by atoms with Crippen LogP contribution in [0, 0.1) is 3.57 Å². The summed E-state index contributed by atoms with van der Waals surface area (Å²) in [5, 5.41) is 82.5. The van der Waals surface area contributed by atoms with E-state index in [4.69, 9.17) is 5.11 Å². The molecule has 1 fully saturated rings. The van der Waals surface area contributed by atoms with Crippen LogP contribution in [0.25, 0.3) is 0 Å². The summed E-state index contributed by atoms with van der Waals surface area (Å²) >= 11 is 5.63. The number of benzene rings is 2. The van der Waals surface area contributed by atoms with E-state index in [0.29, 0.717) is 64.2 Å². The maximum Gasteiger partial charge on any atom is 0.326 e. The molecular weight excluding hydrogens is 1460 g/mol. The van der Waals surface area contributed by atoms with Crippen LogP contribution >= 0.6 is 38.5 Å². The molecule has 3 rings (SSSR count). The third kappa shape index (κ3) is 39.1. The van der Waals surface area contributed by atoms with Crippen molar-refractivity contribution < 1.29 is 98.1 Å². The quantitative estimate of drug-likeness (QED) is 0.0334. The van der Waals surface area contributed by atoms with Gasteiger partial charge in [0.2, 0.25) is 29.5 Å². The number of aliphatic carboxylic acids is 7. The first-order valence-corrected chi connectivity index (χ1v) is 34.9. The van der Waals surface area contributed by atoms with Gasteiger partial charge in [-0.15, -0.1) is 0 Å². The number of aryl methyl sites for hydroxylation is 1. The molecule has 2 aromatic carbocycles. The van der Waals surface area contributed by atoms with Crippen molar-refractivity contribution in [3.8, 4) is 0 Å². The van der Waals surface area contributed by atoms with Gasteiger partial charge >= 0.3 is 47.8 Å². The number of carboxylic acids is 7. The average Bonchev–Trinajstić information content (AvgIpc) is 2.70. The Morgan fingerprint density at radius 3 is 1.31 bits per heavy atom. The summed E-state index contributed by atoms with van der Waals surface area (Å²) in [5.41, 5.74) is 1.97. The number of carbonyl (C=O) groups is 13. The number of amides is 7. The van der Waals surface area contributed by atoms with Gasteiger partial charge in [0, 0.05) is 112 Å². The topological polar surface area (TPSA) is 452 Å². The lowest BCUT2D eigenvalue weighted by Gasteiger charge is -2.33. The molecule has 31 nitrogen and oxygen atoms in total. The largest absolute Gasteiger partial charge is 0.481 e. The maximum absolute atomic E-state index is 14.0. The highest BCUT2D eigenvalue weighted by atomic mass is 127. The predicted octanol–water partition coefficient (Wildman–Crippen LogP) is 3.09. The Hall–Kier alpha value is -7.60. The molecule has 1 heterocycles. The van der Waals surface area contributed by atoms with Gasteiger partial charge in [0.1, 0.15) is 24.2 Å². The van der Waals surface area contributed by atoms with Crippen molar-refractivity contribution in [2.45, 2.75) is 159 Å². The summed E-state index contributed by atoms with van der Waals surface area (Å²) < 4.78 is 1.95. The van der Waals surface area contributed by atoms with Gasteiger partial charge in [-0.1, -0.05) is 53.0 Å². The Labute approximate surface area is 592 Å². The Morgan fingerprint density at radius 1 is 0.418 bits per heavy atom. The van der Waals surface area contributed by atoms with Gasteiger partial charge in [-0.3, -0.25) is 62.8 Å². The summed E-state index contributed by atoms with van der Waals surface area (Å²) in [7, 11) is 0. The highest BCUT2D eigenvalue weighted by Gasteiger charge is 2.29. The Bertz CT molecular complexity index is 2870. The molecule has 0 spiro atoms. The summed E-state index contributed by atoms with van der Waals surface area (Å²) in [5.74, 6) is -10.7. The number of nitrogens with zero attached hydrogens (tertiary/aromatic N) is 5. The summed E-state index contributed by atoms with van der Waals surface area (Å²) in [4.78, 5) is 170. The molecule has 1 saturated heterocycles. The third-order valence-corrected chi connectivity index (χ3v) is 17.4. The van der Waals surface area contributed by atoms with Crippen molar-refractivity contribution in [3.63, 3.8) is 0 Å². The molecule has 0 aliphatic carbocycles. The number of nitrogens with one attached hydrogen (secondary N) is 6. The fourth-order valence-corrected chi connectivity index (χ4v) is 11.3. The number of halogens is 2. The molecule has 4 atom stereocenters. The van der Waals surface area contributed by atoms with Crippen molar-refractivity contribution >= 4 is 116 Å². The lowest BCUT2D eigenvalue weighted by Crippen LogP contribution is -2.54. The molecule has 0 saturated carbocycles. The third-order valence-electron chi connectivity index (χ3n) is 16.1. The van der Waals surface area contributed by atoms with Gasteiger partial charge in [-0.2, -0.15) is 0 Å². The number of carboxylic acid groups (broad SMARTS) is 7. The zero-order valence-electron chi connectivity index (χ0n) is 55.3. The smallest absolute Gasteiger partial charge is 0.326 e. The van der Waals surface area contributed by atoms with Gasteiger partial charge in [0.25, 0.3) is 0 Å². The molecule has 0 radical (unpaired) electrons. The summed E-state index contributed by atoms with van der Waals surface area (Å²) in [6, 6.07) is 8.79. The molecule has 98 heavy (non-hydrogen) atoms. The predicted molar refractivity (Wildman–Crippen MR) is 368 cm³/mol. The minimum Gasteiger partial charge on any atom is -0.481 e. The second kappa shape index (κ2) is 48.2. The number of hydrogen-bond donors (Lipinski definition) is 13. The molecule has 546 valence electrons. The molecule has 33 heteroatoms. The van der Waals surface area contributed by atoms with E-state index in [2.05, 4.69) is 70.4 Å². The van der Waals surface area contributed by atoms with E-state index in [9.17, 15) is 93.0 Å². The van der Waals surface area contributed by atoms with E-state index in [1.165, 1.54) is 0 Å². The van der Waals surface area contributed by atoms with E-state index in [1.807, 2.05) is 48.5 Å². The van der Waals surface area contributed by atoms with Crippen LogP contribution < -0.4 is 31.9 Å². The van der Waals surface area contributed by atoms with Crippen LogP contribution in [-0.4, -0.2) is 260 Å². The first kappa shape index (κ1) is 84.6. The maximum atomic E-state index is 14.0. The van der Waals surface area contributed by atoms with Crippen molar-refractivity contribution in [2.24, 2.45) is 0 Å². The molecule has 0 aromatic heterocycles. The minimum absolute atomic E-state index is 0.0192. The molecule has 2 aromatic rings. The van der Waals surface area contributed by atoms with Crippen LogP contribution in [0.5, 0.6) is 0 Å². The van der Waals surface area contributed by atoms with Crippen molar-refractivity contribution in [3.05, 3.63) is 67.7 Å². The van der Waals surface area contributed by atoms with Gasteiger partial charge in [0.15, 0.2) is 0 Å². The fourth-order valence-electron chi connectivity index (χ4n) is 10.7. The lowest BCUT2D eigenvalue weighted by atomic mass is 10.1. The summed E-state index contributed by atoms with van der Waals surface area (Å²) in [6.07, 6.45) is 5.48. The number of carbonyl (C=O) groups excluding carboxylic acids is 6. The van der Waals surface area contributed by atoms with E-state index >= 15 is 0 Å². The van der Waals surface area contributed by atoms with Gasteiger partial charge in [-0.05, 0) is 148 Å². The fraction of sp³-hybridized carbons (Fsp3) is 0.615. The van der Waals surface area contributed by atoms with Crippen LogP contribution in [-0.2, 0) is 70.5 Å². The van der Waals surface area contributed by atoms with Crippen molar-refractivity contribution in [2.75, 3.05) is 98.2 Å². The number of rotatable bonds is 47. The monoisotopic (exact) mass is 1560 g/mol. The standard InChI is InChI=1S/C65H97BrIN11O20/c66-47-23-19-46(20-24-47)40-78(31-10-7-15-51(63(94)95)72-65(98)73-52(64(96)97)27-28-57(83)84)56(82)18-4-2-1-3-16-53(79)68-30-9-6-14-50(62(92)93)71-61(91)49(13-5-8-29-69-54(80)17-11-12-45-21-25-48(67)26-22-45)70-55(81)41-74-32-34-75(42-58(85)86)36-38-77(44-60(89)90)39-37-76(35-33-74)43-59(87)88/h19-26,49-52H,1-18,27-44H2,(H,68,79)(H,69,80)(H,70,81)(H,71,91)(H,83,84)(H,85,86)(H,87,88)(H,89,90)(H,92,93)(H,94,95)(H,96,97)(H2,72,73,98)/t49-,50-,51-,52-/m0/s1. The highest BCUT2D eigenvalue weighted by Crippen LogP contribution is 2.17. The van der Waals surface area contributed by atoms with E-state index in [0.717, 1.165) is 25.6 Å². The first-order chi connectivity index (χ1) is 46.6. The van der Waals surface area contributed by atoms with Crippen LogP contribution in [0.2, 0.25) is 0 Å².